The van der Waals surface area contributed by atoms with Crippen LogP contribution in [-0.2, 0) is 20.4 Å². The zero-order valence-electron chi connectivity index (χ0n) is 27.4. The van der Waals surface area contributed by atoms with Crippen molar-refractivity contribution < 1.29 is 19.8 Å². The molecule has 1 aliphatic rings. The van der Waals surface area contributed by atoms with Crippen LogP contribution in [0.15, 0.2) is 72.5 Å². The number of fused-ring (bicyclic) bond motifs is 1. The van der Waals surface area contributed by atoms with Crippen molar-refractivity contribution in [2.75, 3.05) is 23.3 Å². The maximum atomic E-state index is 11.0. The zero-order chi connectivity index (χ0) is 32.0. The van der Waals surface area contributed by atoms with E-state index < -0.39 is 11.9 Å². The number of nitrogens with one attached hydrogen (secondary N) is 1. The predicted molar refractivity (Wildman–Crippen MR) is 183 cm³/mol. The first-order chi connectivity index (χ1) is 21.2. The number of likely N-dealkylation sites (N-methyl/N-ethyl adjacent to an activating group) is 1. The average molecular weight is 603 g/mol. The normalized spacial score (nSPS) is 18.5. The largest absolute Gasteiger partial charge is 0.481 e. The minimum atomic E-state index is -0.719. The van der Waals surface area contributed by atoms with Crippen LogP contribution in [0.2, 0.25) is 0 Å². The van der Waals surface area contributed by atoms with E-state index >= 15 is 0 Å². The molecule has 0 amide bonds. The van der Waals surface area contributed by atoms with Crippen molar-refractivity contribution in [3.63, 3.8) is 0 Å². The molecule has 0 radical (unpaired) electrons. The van der Waals surface area contributed by atoms with Crippen LogP contribution in [0.3, 0.4) is 0 Å². The van der Waals surface area contributed by atoms with Gasteiger partial charge in [-0.05, 0) is 87.6 Å². The molecular formula is C38H54N2O4. The SMILES string of the molecule is CCNc1ccccc1C(C)(C/C=C/C=C1/N(CC)c2ccccc2C1(C)CCCCCC(=O)O)CCCCCCC(=O)O. The maximum absolute atomic E-state index is 11.0. The van der Waals surface area contributed by atoms with Crippen LogP contribution >= 0.6 is 0 Å². The molecule has 2 aromatic carbocycles. The smallest absolute Gasteiger partial charge is 0.303 e. The Bertz CT molecular complexity index is 1290. The van der Waals surface area contributed by atoms with Crippen molar-refractivity contribution in [2.45, 2.75) is 116 Å². The predicted octanol–water partition coefficient (Wildman–Crippen LogP) is 9.46. The van der Waals surface area contributed by atoms with Gasteiger partial charge in [0.05, 0.1) is 0 Å². The molecule has 0 aromatic heterocycles. The standard InChI is InChI=1S/C38H54N2O4/c1-5-39-32-22-14-12-20-30(32)37(3,27-17-8-7-10-25-35(41)42)28-19-16-24-34-38(4,29-18-9-11-26-36(43)44)31-21-13-15-23-33(31)40(34)6-2/h12-16,19-24,39H,5-11,17-18,25-29H2,1-4H3,(H,41,42)(H,43,44)/b19-16+,34-24+. The highest BCUT2D eigenvalue weighted by atomic mass is 16.4. The molecule has 240 valence electrons. The van der Waals surface area contributed by atoms with Gasteiger partial charge in [-0.25, -0.2) is 0 Å². The number of carbonyl (C=O) groups is 2. The molecule has 6 heteroatoms. The van der Waals surface area contributed by atoms with E-state index in [4.69, 9.17) is 10.2 Å². The van der Waals surface area contributed by atoms with Crippen LogP contribution in [0.4, 0.5) is 11.4 Å². The molecule has 2 aromatic rings. The van der Waals surface area contributed by atoms with Crippen LogP contribution in [0.25, 0.3) is 0 Å². The van der Waals surface area contributed by atoms with Gasteiger partial charge in [0.15, 0.2) is 0 Å². The van der Waals surface area contributed by atoms with E-state index in [1.807, 2.05) is 0 Å². The van der Waals surface area contributed by atoms with Gasteiger partial charge in [-0.3, -0.25) is 9.59 Å². The van der Waals surface area contributed by atoms with Crippen LogP contribution in [0.5, 0.6) is 0 Å². The molecule has 3 rings (SSSR count). The van der Waals surface area contributed by atoms with Crippen LogP contribution in [0.1, 0.15) is 116 Å². The number of allylic oxidation sites excluding steroid dienone is 4. The summed E-state index contributed by atoms with van der Waals surface area (Å²) >= 11 is 0. The fraction of sp³-hybridized carbons (Fsp3) is 0.526. The monoisotopic (exact) mass is 602 g/mol. The summed E-state index contributed by atoms with van der Waals surface area (Å²) in [5, 5.41) is 21.6. The topological polar surface area (TPSA) is 89.9 Å². The molecule has 2 atom stereocenters. The summed E-state index contributed by atoms with van der Waals surface area (Å²) in [5.41, 5.74) is 6.27. The number of rotatable bonds is 20. The van der Waals surface area contributed by atoms with Crippen molar-refractivity contribution in [1.29, 1.82) is 0 Å². The molecule has 0 saturated carbocycles. The molecule has 3 N–H and O–H groups in total. The summed E-state index contributed by atoms with van der Waals surface area (Å²) in [7, 11) is 0. The summed E-state index contributed by atoms with van der Waals surface area (Å²) in [5.74, 6) is -1.43. The fourth-order valence-corrected chi connectivity index (χ4v) is 6.88. The lowest BCUT2D eigenvalue weighted by Crippen LogP contribution is -2.28. The highest BCUT2D eigenvalue weighted by Crippen LogP contribution is 2.50. The third kappa shape index (κ3) is 9.23. The Hall–Kier alpha value is -3.54. The highest BCUT2D eigenvalue weighted by Gasteiger charge is 2.42. The van der Waals surface area contributed by atoms with Crippen LogP contribution in [0, 0.1) is 0 Å². The summed E-state index contributed by atoms with van der Waals surface area (Å²) in [4.78, 5) is 24.4. The lowest BCUT2D eigenvalue weighted by atomic mass is 9.74. The van der Waals surface area contributed by atoms with E-state index in [0.29, 0.717) is 0 Å². The lowest BCUT2D eigenvalue weighted by Gasteiger charge is -2.32. The zero-order valence-corrected chi connectivity index (χ0v) is 27.4. The van der Waals surface area contributed by atoms with Crippen molar-refractivity contribution in [3.05, 3.63) is 83.6 Å². The van der Waals surface area contributed by atoms with E-state index in [1.165, 1.54) is 28.2 Å². The molecule has 0 fully saturated rings. The molecule has 1 heterocycles. The number of nitrogens with zero attached hydrogens (tertiary/aromatic N) is 1. The van der Waals surface area contributed by atoms with Gasteiger partial charge in [-0.2, -0.15) is 0 Å². The number of carboxylic acid groups (broad SMARTS) is 2. The average Bonchev–Trinajstić information content (AvgIpc) is 3.24. The number of hydrogen-bond acceptors (Lipinski definition) is 4. The molecule has 0 aliphatic carbocycles. The van der Waals surface area contributed by atoms with Crippen molar-refractivity contribution >= 4 is 23.3 Å². The number of benzene rings is 2. The van der Waals surface area contributed by atoms with Gasteiger partial charge in [0.2, 0.25) is 0 Å². The molecule has 0 bridgehead atoms. The Labute approximate surface area is 265 Å². The van der Waals surface area contributed by atoms with E-state index in [2.05, 4.69) is 105 Å². The number of anilines is 2. The van der Waals surface area contributed by atoms with Gasteiger partial charge in [-0.1, -0.05) is 87.6 Å². The van der Waals surface area contributed by atoms with E-state index in [9.17, 15) is 9.59 Å². The molecule has 0 saturated heterocycles. The molecule has 6 nitrogen and oxygen atoms in total. The minimum Gasteiger partial charge on any atom is -0.481 e. The summed E-state index contributed by atoms with van der Waals surface area (Å²) in [6.45, 7) is 10.8. The summed E-state index contributed by atoms with van der Waals surface area (Å²) < 4.78 is 0. The van der Waals surface area contributed by atoms with Crippen LogP contribution in [-0.4, -0.2) is 35.2 Å². The lowest BCUT2D eigenvalue weighted by molar-refractivity contribution is -0.138. The number of carboxylic acids is 2. The number of unbranched alkanes of at least 4 members (excludes halogenated alkanes) is 5. The Morgan fingerprint density at radius 1 is 0.886 bits per heavy atom. The second kappa shape index (κ2) is 17.1. The molecule has 2 unspecified atom stereocenters. The van der Waals surface area contributed by atoms with Crippen molar-refractivity contribution in [2.24, 2.45) is 0 Å². The number of para-hydroxylation sites is 2. The van der Waals surface area contributed by atoms with E-state index in [0.717, 1.165) is 77.3 Å². The second-order valence-corrected chi connectivity index (χ2v) is 12.7. The molecular weight excluding hydrogens is 548 g/mol. The first-order valence-corrected chi connectivity index (χ1v) is 16.7. The summed E-state index contributed by atoms with van der Waals surface area (Å²) in [6, 6.07) is 17.4. The van der Waals surface area contributed by atoms with Crippen molar-refractivity contribution in [1.82, 2.24) is 0 Å². The molecule has 44 heavy (non-hydrogen) atoms. The summed E-state index contributed by atoms with van der Waals surface area (Å²) in [6.07, 6.45) is 16.7. The van der Waals surface area contributed by atoms with Gasteiger partial charge in [0.1, 0.15) is 0 Å². The van der Waals surface area contributed by atoms with Gasteiger partial charge in [0.25, 0.3) is 0 Å². The van der Waals surface area contributed by atoms with E-state index in [1.54, 1.807) is 0 Å². The Morgan fingerprint density at radius 3 is 2.20 bits per heavy atom. The Balaban J connectivity index is 1.83. The number of hydrogen-bond donors (Lipinski definition) is 3. The van der Waals surface area contributed by atoms with Gasteiger partial charge in [0, 0.05) is 48.4 Å². The first kappa shape index (κ1) is 34.9. The number of aliphatic carboxylic acids is 2. The minimum absolute atomic E-state index is 0.0584. The van der Waals surface area contributed by atoms with Gasteiger partial charge < -0.3 is 20.4 Å². The molecule has 0 spiro atoms. The third-order valence-corrected chi connectivity index (χ3v) is 9.30. The van der Waals surface area contributed by atoms with Crippen LogP contribution < -0.4 is 10.2 Å². The van der Waals surface area contributed by atoms with Gasteiger partial charge in [-0.15, -0.1) is 0 Å². The maximum Gasteiger partial charge on any atom is 0.303 e. The quantitative estimate of drug-likeness (QED) is 0.131. The molecule has 1 aliphatic heterocycles. The highest BCUT2D eigenvalue weighted by molar-refractivity contribution is 5.71. The Morgan fingerprint density at radius 2 is 1.52 bits per heavy atom. The van der Waals surface area contributed by atoms with Gasteiger partial charge >= 0.3 is 11.9 Å². The van der Waals surface area contributed by atoms with Crippen molar-refractivity contribution in [3.8, 4) is 0 Å². The van der Waals surface area contributed by atoms with E-state index in [-0.39, 0.29) is 23.7 Å². The Kier molecular flexibility index (Phi) is 13.6. The fourth-order valence-electron chi connectivity index (χ4n) is 6.88. The third-order valence-electron chi connectivity index (χ3n) is 9.30. The second-order valence-electron chi connectivity index (χ2n) is 12.7. The first-order valence-electron chi connectivity index (χ1n) is 16.7.